The molecule has 0 saturated heterocycles. The highest BCUT2D eigenvalue weighted by atomic mass is 32.1. The van der Waals surface area contributed by atoms with E-state index >= 15 is 0 Å². The molecular formula is C13H9F2N3S. The number of aryl methyl sites for hydroxylation is 1. The van der Waals surface area contributed by atoms with E-state index in [1.807, 2.05) is 6.92 Å². The Balaban J connectivity index is 2.47. The molecule has 3 nitrogen and oxygen atoms in total. The molecule has 1 aromatic carbocycles. The third-order valence-corrected chi connectivity index (χ3v) is 3.23. The van der Waals surface area contributed by atoms with Gasteiger partial charge >= 0.3 is 0 Å². The average Bonchev–Trinajstić information content (AvgIpc) is 2.68. The Kier molecular flexibility index (Phi) is 2.67. The number of imidazole rings is 1. The lowest BCUT2D eigenvalue weighted by molar-refractivity contribution is 0.570. The van der Waals surface area contributed by atoms with Gasteiger partial charge in [-0.25, -0.2) is 13.8 Å². The van der Waals surface area contributed by atoms with Gasteiger partial charge in [-0.1, -0.05) is 6.07 Å². The largest absolute Gasteiger partial charge is 0.329 e. The van der Waals surface area contributed by atoms with Crippen LogP contribution in [0, 0.1) is 23.3 Å². The third kappa shape index (κ3) is 1.76. The lowest BCUT2D eigenvalue weighted by Gasteiger charge is -2.06. The van der Waals surface area contributed by atoms with Crippen molar-refractivity contribution < 1.29 is 8.78 Å². The monoisotopic (exact) mass is 277 g/mol. The van der Waals surface area contributed by atoms with E-state index in [1.54, 1.807) is 12.3 Å². The number of rotatable bonds is 1. The highest BCUT2D eigenvalue weighted by Gasteiger charge is 2.16. The van der Waals surface area contributed by atoms with E-state index in [4.69, 9.17) is 12.2 Å². The van der Waals surface area contributed by atoms with E-state index < -0.39 is 11.6 Å². The van der Waals surface area contributed by atoms with Crippen molar-refractivity contribution in [2.24, 2.45) is 0 Å². The molecule has 0 bridgehead atoms. The lowest BCUT2D eigenvalue weighted by Crippen LogP contribution is -2.02. The number of aromatic nitrogens is 3. The van der Waals surface area contributed by atoms with E-state index in [1.165, 1.54) is 22.8 Å². The van der Waals surface area contributed by atoms with Crippen molar-refractivity contribution in [2.45, 2.75) is 6.92 Å². The van der Waals surface area contributed by atoms with E-state index in [0.29, 0.717) is 11.2 Å². The fourth-order valence-electron chi connectivity index (χ4n) is 2.04. The summed E-state index contributed by atoms with van der Waals surface area (Å²) in [5, 5.41) is 0. The number of benzene rings is 1. The summed E-state index contributed by atoms with van der Waals surface area (Å²) in [4.78, 5) is 7.08. The standard InChI is InChI=1S/C13H9F2N3S/c1-7-5-6-16-12-10(7)17-13(19)18(12)11-8(14)3-2-4-9(11)15/h2-6H,1H3,(H,17,19). The van der Waals surface area contributed by atoms with Crippen molar-refractivity contribution in [3.8, 4) is 5.69 Å². The number of halogens is 2. The average molecular weight is 277 g/mol. The van der Waals surface area contributed by atoms with Gasteiger partial charge in [0.15, 0.2) is 10.4 Å². The van der Waals surface area contributed by atoms with Crippen LogP contribution in [0.4, 0.5) is 8.78 Å². The van der Waals surface area contributed by atoms with Crippen LogP contribution in [-0.4, -0.2) is 14.5 Å². The van der Waals surface area contributed by atoms with Crippen molar-refractivity contribution in [3.05, 3.63) is 52.4 Å². The molecule has 0 unspecified atom stereocenters. The second-order valence-electron chi connectivity index (χ2n) is 4.16. The summed E-state index contributed by atoms with van der Waals surface area (Å²) >= 11 is 5.15. The first kappa shape index (κ1) is 12.0. The van der Waals surface area contributed by atoms with Gasteiger partial charge in [-0.3, -0.25) is 4.57 Å². The predicted octanol–water partition coefficient (Wildman–Crippen LogP) is 3.67. The van der Waals surface area contributed by atoms with Gasteiger partial charge in [0.2, 0.25) is 0 Å². The number of aromatic amines is 1. The fraction of sp³-hybridized carbons (Fsp3) is 0.0769. The van der Waals surface area contributed by atoms with Gasteiger partial charge in [-0.05, 0) is 42.9 Å². The molecule has 3 rings (SSSR count). The normalized spacial score (nSPS) is 11.1. The molecule has 0 aliphatic rings. The lowest BCUT2D eigenvalue weighted by atomic mass is 10.2. The van der Waals surface area contributed by atoms with Crippen molar-refractivity contribution in [1.82, 2.24) is 14.5 Å². The zero-order chi connectivity index (χ0) is 13.6. The van der Waals surface area contributed by atoms with Crippen molar-refractivity contribution >= 4 is 23.4 Å². The summed E-state index contributed by atoms with van der Waals surface area (Å²) in [7, 11) is 0. The first-order chi connectivity index (χ1) is 9.09. The van der Waals surface area contributed by atoms with Crippen LogP contribution >= 0.6 is 12.2 Å². The SMILES string of the molecule is Cc1ccnc2c1[nH]c(=S)n2-c1c(F)cccc1F. The second kappa shape index (κ2) is 4.24. The molecule has 3 aromatic rings. The quantitative estimate of drug-likeness (QED) is 0.688. The summed E-state index contributed by atoms with van der Waals surface area (Å²) in [6.07, 6.45) is 1.58. The first-order valence-electron chi connectivity index (χ1n) is 5.60. The van der Waals surface area contributed by atoms with Crippen LogP contribution in [0.1, 0.15) is 5.56 Å². The van der Waals surface area contributed by atoms with Gasteiger partial charge in [-0.2, -0.15) is 0 Å². The Bertz CT molecular complexity index is 815. The second-order valence-corrected chi connectivity index (χ2v) is 4.55. The van der Waals surface area contributed by atoms with Crippen LogP contribution in [0.2, 0.25) is 0 Å². The molecule has 0 saturated carbocycles. The molecule has 6 heteroatoms. The third-order valence-electron chi connectivity index (χ3n) is 2.95. The Labute approximate surface area is 112 Å². The number of hydrogen-bond acceptors (Lipinski definition) is 2. The van der Waals surface area contributed by atoms with Gasteiger partial charge in [0.1, 0.15) is 17.3 Å². The number of pyridine rings is 1. The Morgan fingerprint density at radius 2 is 1.89 bits per heavy atom. The van der Waals surface area contributed by atoms with Crippen LogP contribution in [-0.2, 0) is 0 Å². The van der Waals surface area contributed by atoms with Crippen LogP contribution in [0.3, 0.4) is 0 Å². The summed E-state index contributed by atoms with van der Waals surface area (Å²) < 4.78 is 29.2. The maximum atomic E-state index is 13.9. The number of fused-ring (bicyclic) bond motifs is 1. The van der Waals surface area contributed by atoms with Gasteiger partial charge in [-0.15, -0.1) is 0 Å². The number of para-hydroxylation sites is 1. The first-order valence-corrected chi connectivity index (χ1v) is 6.01. The molecule has 0 aliphatic heterocycles. The minimum absolute atomic E-state index is 0.209. The van der Waals surface area contributed by atoms with Crippen molar-refractivity contribution in [3.63, 3.8) is 0 Å². The number of nitrogens with zero attached hydrogens (tertiary/aromatic N) is 2. The zero-order valence-electron chi connectivity index (χ0n) is 9.95. The van der Waals surface area contributed by atoms with Crippen LogP contribution < -0.4 is 0 Å². The maximum Gasteiger partial charge on any atom is 0.184 e. The minimum atomic E-state index is -0.680. The summed E-state index contributed by atoms with van der Waals surface area (Å²) in [5.41, 5.74) is 1.78. The van der Waals surface area contributed by atoms with Gasteiger partial charge in [0.25, 0.3) is 0 Å². The highest BCUT2D eigenvalue weighted by molar-refractivity contribution is 7.71. The molecule has 0 fully saturated rings. The molecule has 19 heavy (non-hydrogen) atoms. The van der Waals surface area contributed by atoms with Gasteiger partial charge in [0, 0.05) is 6.20 Å². The van der Waals surface area contributed by atoms with Gasteiger partial charge in [0.05, 0.1) is 5.52 Å². The molecule has 96 valence electrons. The van der Waals surface area contributed by atoms with E-state index in [-0.39, 0.29) is 10.5 Å². The van der Waals surface area contributed by atoms with Crippen molar-refractivity contribution in [1.29, 1.82) is 0 Å². The Hall–Kier alpha value is -2.08. The highest BCUT2D eigenvalue weighted by Crippen LogP contribution is 2.24. The Morgan fingerprint density at radius 1 is 1.21 bits per heavy atom. The smallest absolute Gasteiger partial charge is 0.184 e. The summed E-state index contributed by atoms with van der Waals surface area (Å²) in [6.45, 7) is 1.87. The zero-order valence-corrected chi connectivity index (χ0v) is 10.8. The topological polar surface area (TPSA) is 33.6 Å². The van der Waals surface area contributed by atoms with Crippen molar-refractivity contribution in [2.75, 3.05) is 0 Å². The molecular weight excluding hydrogens is 268 g/mol. The van der Waals surface area contributed by atoms with Crippen LogP contribution in [0.5, 0.6) is 0 Å². The molecule has 0 radical (unpaired) electrons. The molecule has 0 aliphatic carbocycles. The number of nitrogens with one attached hydrogen (secondary N) is 1. The van der Waals surface area contributed by atoms with E-state index in [2.05, 4.69) is 9.97 Å². The molecule has 2 heterocycles. The molecule has 0 spiro atoms. The van der Waals surface area contributed by atoms with Crippen LogP contribution in [0.15, 0.2) is 30.5 Å². The van der Waals surface area contributed by atoms with Crippen LogP contribution in [0.25, 0.3) is 16.9 Å². The minimum Gasteiger partial charge on any atom is -0.329 e. The van der Waals surface area contributed by atoms with E-state index in [0.717, 1.165) is 5.56 Å². The number of hydrogen-bond donors (Lipinski definition) is 1. The summed E-state index contributed by atoms with van der Waals surface area (Å²) in [6, 6.07) is 5.49. The van der Waals surface area contributed by atoms with Gasteiger partial charge < -0.3 is 4.98 Å². The summed E-state index contributed by atoms with van der Waals surface area (Å²) in [5.74, 6) is -1.36. The molecule has 1 N–H and O–H groups in total. The predicted molar refractivity (Wildman–Crippen MR) is 70.9 cm³/mol. The van der Waals surface area contributed by atoms with E-state index in [9.17, 15) is 8.78 Å². The Morgan fingerprint density at radius 3 is 2.58 bits per heavy atom. The fourth-order valence-corrected chi connectivity index (χ4v) is 2.32. The number of H-pyrrole nitrogens is 1. The molecule has 0 amide bonds. The molecule has 2 aromatic heterocycles. The maximum absolute atomic E-state index is 13.9. The molecule has 0 atom stereocenters.